The number of amides is 3. The molecule has 1 aromatic rings. The van der Waals surface area contributed by atoms with E-state index in [1.807, 2.05) is 0 Å². The van der Waals surface area contributed by atoms with Crippen molar-refractivity contribution in [3.05, 3.63) is 35.6 Å². The van der Waals surface area contributed by atoms with Gasteiger partial charge in [0.2, 0.25) is 0 Å². The predicted octanol–water partition coefficient (Wildman–Crippen LogP) is 3.98. The van der Waals surface area contributed by atoms with Crippen LogP contribution in [-0.2, 0) is 0 Å². The van der Waals surface area contributed by atoms with Gasteiger partial charge in [0.1, 0.15) is 5.82 Å². The number of rotatable bonds is 3. The molecule has 5 nitrogen and oxygen atoms in total. The maximum absolute atomic E-state index is 13.4. The van der Waals surface area contributed by atoms with Gasteiger partial charge in [0, 0.05) is 29.7 Å². The number of carbonyl (C=O) groups is 2. The molecule has 1 aliphatic carbocycles. The van der Waals surface area contributed by atoms with Gasteiger partial charge in [0.25, 0.3) is 5.91 Å². The van der Waals surface area contributed by atoms with Gasteiger partial charge < -0.3 is 15.5 Å². The molecule has 0 aromatic heterocycles. The van der Waals surface area contributed by atoms with E-state index in [4.69, 9.17) is 0 Å². The summed E-state index contributed by atoms with van der Waals surface area (Å²) in [6.07, 6.45) is 10.5. The Labute approximate surface area is 166 Å². The van der Waals surface area contributed by atoms with Crippen LogP contribution < -0.4 is 10.6 Å². The summed E-state index contributed by atoms with van der Waals surface area (Å²) in [6.45, 7) is 0. The smallest absolute Gasteiger partial charge is 0.318 e. The minimum absolute atomic E-state index is 0.0322. The highest BCUT2D eigenvalue weighted by Gasteiger charge is 2.41. The number of fused-ring (bicyclic) bond motifs is 2. The molecule has 2 aliphatic heterocycles. The number of carbonyl (C=O) groups excluding carboxylic acids is 2. The molecule has 3 aliphatic rings. The Hall–Kier alpha value is -2.11. The molecule has 2 unspecified atom stereocenters. The molecule has 3 amide bonds. The van der Waals surface area contributed by atoms with Crippen molar-refractivity contribution in [2.75, 3.05) is 0 Å². The monoisotopic (exact) mass is 387 g/mol. The quantitative estimate of drug-likeness (QED) is 0.824. The number of urea groups is 1. The first-order valence-electron chi connectivity index (χ1n) is 10.8. The van der Waals surface area contributed by atoms with E-state index in [0.29, 0.717) is 11.6 Å². The lowest BCUT2D eigenvalue weighted by Crippen LogP contribution is -2.61. The van der Waals surface area contributed by atoms with Crippen molar-refractivity contribution in [2.24, 2.45) is 0 Å². The number of piperidine rings is 2. The number of nitrogens with one attached hydrogen (secondary N) is 2. The van der Waals surface area contributed by atoms with Gasteiger partial charge in [-0.2, -0.15) is 0 Å². The first-order valence-corrected chi connectivity index (χ1v) is 10.8. The van der Waals surface area contributed by atoms with Gasteiger partial charge in [-0.1, -0.05) is 25.3 Å². The first-order chi connectivity index (χ1) is 13.6. The third kappa shape index (κ3) is 4.31. The van der Waals surface area contributed by atoms with Gasteiger partial charge in [-0.3, -0.25) is 4.79 Å². The fraction of sp³-hybridized carbons (Fsp3) is 0.636. The summed E-state index contributed by atoms with van der Waals surface area (Å²) in [4.78, 5) is 27.5. The Morgan fingerprint density at radius 2 is 1.61 bits per heavy atom. The summed E-state index contributed by atoms with van der Waals surface area (Å²) >= 11 is 0. The van der Waals surface area contributed by atoms with E-state index in [9.17, 15) is 14.0 Å². The van der Waals surface area contributed by atoms with Crippen molar-refractivity contribution < 1.29 is 14.0 Å². The maximum Gasteiger partial charge on any atom is 0.318 e. The maximum atomic E-state index is 13.4. The molecule has 28 heavy (non-hydrogen) atoms. The summed E-state index contributed by atoms with van der Waals surface area (Å²) in [5.41, 5.74) is 0.350. The highest BCUT2D eigenvalue weighted by atomic mass is 19.1. The molecule has 2 bridgehead atoms. The highest BCUT2D eigenvalue weighted by molar-refractivity contribution is 5.94. The molecular weight excluding hydrogens is 357 g/mol. The Morgan fingerprint density at radius 1 is 0.893 bits per heavy atom. The van der Waals surface area contributed by atoms with Crippen molar-refractivity contribution in [3.63, 3.8) is 0 Å². The Bertz CT molecular complexity index is 705. The van der Waals surface area contributed by atoms with E-state index < -0.39 is 5.82 Å². The first kappa shape index (κ1) is 19.2. The van der Waals surface area contributed by atoms with Crippen LogP contribution in [0.15, 0.2) is 24.3 Å². The van der Waals surface area contributed by atoms with Crippen LogP contribution in [0.3, 0.4) is 0 Å². The molecule has 6 heteroatoms. The predicted molar refractivity (Wildman–Crippen MR) is 106 cm³/mol. The second-order valence-electron chi connectivity index (χ2n) is 8.58. The normalized spacial score (nSPS) is 27.9. The molecule has 2 atom stereocenters. The average Bonchev–Trinajstić information content (AvgIpc) is 2.68. The molecule has 1 saturated carbocycles. The van der Waals surface area contributed by atoms with E-state index in [2.05, 4.69) is 15.5 Å². The largest absolute Gasteiger partial charge is 0.349 e. The zero-order chi connectivity index (χ0) is 19.5. The number of hydrogen-bond acceptors (Lipinski definition) is 2. The Kier molecular flexibility index (Phi) is 5.83. The topological polar surface area (TPSA) is 61.4 Å². The SMILES string of the molecule is O=C(NC1CC2CCCC(C1)N2C(=O)NC1CCCCC1)c1cccc(F)c1. The van der Waals surface area contributed by atoms with Crippen LogP contribution >= 0.6 is 0 Å². The van der Waals surface area contributed by atoms with E-state index in [0.717, 1.165) is 44.9 Å². The minimum Gasteiger partial charge on any atom is -0.349 e. The van der Waals surface area contributed by atoms with Gasteiger partial charge in [-0.05, 0) is 63.1 Å². The van der Waals surface area contributed by atoms with Crippen molar-refractivity contribution in [3.8, 4) is 0 Å². The van der Waals surface area contributed by atoms with Crippen LogP contribution in [0.5, 0.6) is 0 Å². The lowest BCUT2D eigenvalue weighted by Gasteiger charge is -2.49. The molecule has 2 N–H and O–H groups in total. The second kappa shape index (κ2) is 8.50. The molecule has 2 heterocycles. The minimum atomic E-state index is -0.404. The summed E-state index contributed by atoms with van der Waals surface area (Å²) in [7, 11) is 0. The van der Waals surface area contributed by atoms with Crippen LogP contribution in [-0.4, -0.2) is 41.0 Å². The molecule has 0 spiro atoms. The standard InChI is InChI=1S/C22H30FN3O2/c23-16-7-4-6-15(12-16)21(27)24-18-13-19-10-5-11-20(14-18)26(19)22(28)25-17-8-2-1-3-9-17/h4,6-7,12,17-20H,1-3,5,8-11,13-14H2,(H,24,27)(H,25,28). The number of nitrogens with zero attached hydrogens (tertiary/aromatic N) is 1. The zero-order valence-electron chi connectivity index (χ0n) is 16.3. The third-order valence-corrected chi connectivity index (χ3v) is 6.56. The molecule has 0 radical (unpaired) electrons. The zero-order valence-corrected chi connectivity index (χ0v) is 16.3. The fourth-order valence-corrected chi connectivity index (χ4v) is 5.23. The molecule has 4 rings (SSSR count). The van der Waals surface area contributed by atoms with E-state index >= 15 is 0 Å². The fourth-order valence-electron chi connectivity index (χ4n) is 5.23. The molecule has 3 fully saturated rings. The van der Waals surface area contributed by atoms with Crippen LogP contribution in [0.1, 0.15) is 74.6 Å². The van der Waals surface area contributed by atoms with Crippen LogP contribution in [0, 0.1) is 5.82 Å². The average molecular weight is 387 g/mol. The third-order valence-electron chi connectivity index (χ3n) is 6.56. The number of benzene rings is 1. The van der Waals surface area contributed by atoms with Crippen molar-refractivity contribution >= 4 is 11.9 Å². The molecule has 152 valence electrons. The van der Waals surface area contributed by atoms with Crippen LogP contribution in [0.4, 0.5) is 9.18 Å². The van der Waals surface area contributed by atoms with Crippen LogP contribution in [0.2, 0.25) is 0 Å². The van der Waals surface area contributed by atoms with Crippen molar-refractivity contribution in [2.45, 2.75) is 88.4 Å². The second-order valence-corrected chi connectivity index (χ2v) is 8.58. The molecular formula is C22H30FN3O2. The highest BCUT2D eigenvalue weighted by Crippen LogP contribution is 2.34. The Morgan fingerprint density at radius 3 is 2.29 bits per heavy atom. The van der Waals surface area contributed by atoms with Crippen LogP contribution in [0.25, 0.3) is 0 Å². The van der Waals surface area contributed by atoms with Gasteiger partial charge in [0.05, 0.1) is 0 Å². The lowest BCUT2D eigenvalue weighted by atomic mass is 9.82. The Balaban J connectivity index is 1.37. The molecule has 1 aromatic carbocycles. The summed E-state index contributed by atoms with van der Waals surface area (Å²) in [6, 6.07) is 6.56. The summed E-state index contributed by atoms with van der Waals surface area (Å²) < 4.78 is 13.4. The van der Waals surface area contributed by atoms with E-state index in [-0.39, 0.29) is 30.1 Å². The van der Waals surface area contributed by atoms with E-state index in [1.54, 1.807) is 12.1 Å². The van der Waals surface area contributed by atoms with Gasteiger partial charge in [0.15, 0.2) is 0 Å². The number of halogens is 1. The lowest BCUT2D eigenvalue weighted by molar-refractivity contribution is 0.0506. The van der Waals surface area contributed by atoms with E-state index in [1.165, 1.54) is 31.4 Å². The summed E-state index contributed by atoms with van der Waals surface area (Å²) in [5.74, 6) is -0.638. The van der Waals surface area contributed by atoms with Crippen molar-refractivity contribution in [1.29, 1.82) is 0 Å². The summed E-state index contributed by atoms with van der Waals surface area (Å²) in [5, 5.41) is 6.33. The van der Waals surface area contributed by atoms with Gasteiger partial charge >= 0.3 is 6.03 Å². The van der Waals surface area contributed by atoms with Gasteiger partial charge in [-0.25, -0.2) is 9.18 Å². The molecule has 2 saturated heterocycles. The van der Waals surface area contributed by atoms with Gasteiger partial charge in [-0.15, -0.1) is 0 Å². The number of hydrogen-bond donors (Lipinski definition) is 2. The van der Waals surface area contributed by atoms with Crippen molar-refractivity contribution in [1.82, 2.24) is 15.5 Å².